The van der Waals surface area contributed by atoms with Gasteiger partial charge in [-0.25, -0.2) is 0 Å². The third kappa shape index (κ3) is 10.0. The summed E-state index contributed by atoms with van der Waals surface area (Å²) < 4.78 is 5.36. The van der Waals surface area contributed by atoms with Crippen LogP contribution in [0.5, 0.6) is 0 Å². The largest absolute Gasteiger partial charge is 0.381 e. The number of hydrogen-bond acceptors (Lipinski definition) is 1. The van der Waals surface area contributed by atoms with E-state index in [0.717, 1.165) is 19.6 Å². The molecular weight excluding hydrogens is 135 g/mol. The molecule has 11 heavy (non-hydrogen) atoms. The van der Waals surface area contributed by atoms with Crippen LogP contribution in [0.1, 0.15) is 39.0 Å². The first-order valence-electron chi connectivity index (χ1n) is 4.99. The third-order valence-electron chi connectivity index (χ3n) is 1.74. The Labute approximate surface area is 71.9 Å². The van der Waals surface area contributed by atoms with Crippen molar-refractivity contribution in [3.8, 4) is 0 Å². The van der Waals surface area contributed by atoms with Crippen LogP contribution in [0.3, 0.4) is 0 Å². The molecule has 1 nitrogen and oxygen atoms in total. The fourth-order valence-electron chi connectivity index (χ4n) is 1.05. The number of ether oxygens (including phenoxy) is 1. The molecule has 0 aliphatic rings. The lowest BCUT2D eigenvalue weighted by Crippen LogP contribution is -1.95. The van der Waals surface area contributed by atoms with E-state index in [1.54, 1.807) is 0 Å². The predicted molar refractivity (Wildman–Crippen MR) is 52.9 cm³/mol. The van der Waals surface area contributed by atoms with Gasteiger partial charge in [0.15, 0.2) is 0 Å². The number of unbranched alkanes of at least 4 members (excludes halogenated alkanes) is 3. The maximum atomic E-state index is 5.36. The second kappa shape index (κ2) is 10.0. The van der Waals surface area contributed by atoms with E-state index >= 15 is 0 Å². The van der Waals surface area contributed by atoms with Crippen molar-refractivity contribution >= 4 is 7.85 Å². The summed E-state index contributed by atoms with van der Waals surface area (Å²) in [6.07, 6.45) is 7.84. The van der Waals surface area contributed by atoms with Crippen LogP contribution in [0, 0.1) is 0 Å². The van der Waals surface area contributed by atoms with Crippen LogP contribution in [-0.4, -0.2) is 21.1 Å². The van der Waals surface area contributed by atoms with Gasteiger partial charge in [-0.05, 0) is 12.8 Å². The molecule has 0 bridgehead atoms. The highest BCUT2D eigenvalue weighted by Gasteiger charge is 1.88. The highest BCUT2D eigenvalue weighted by atomic mass is 16.5. The van der Waals surface area contributed by atoms with Crippen LogP contribution in [0.4, 0.5) is 0 Å². The van der Waals surface area contributed by atoms with Crippen molar-refractivity contribution in [2.75, 3.05) is 13.2 Å². The first-order valence-corrected chi connectivity index (χ1v) is 4.99. The van der Waals surface area contributed by atoms with Gasteiger partial charge in [-0.3, -0.25) is 0 Å². The van der Waals surface area contributed by atoms with Crippen molar-refractivity contribution in [1.29, 1.82) is 0 Å². The SMILES string of the molecule is BCCCCCCOCCC. The topological polar surface area (TPSA) is 9.23 Å². The predicted octanol–water partition coefficient (Wildman–Crippen LogP) is 2.02. The zero-order valence-corrected chi connectivity index (χ0v) is 8.07. The Bertz CT molecular complexity index is 58.6. The van der Waals surface area contributed by atoms with E-state index < -0.39 is 0 Å². The monoisotopic (exact) mass is 156 g/mol. The smallest absolute Gasteiger partial charge is 0.101 e. The van der Waals surface area contributed by atoms with E-state index in [9.17, 15) is 0 Å². The van der Waals surface area contributed by atoms with Gasteiger partial charge in [0, 0.05) is 13.2 Å². The summed E-state index contributed by atoms with van der Waals surface area (Å²) in [4.78, 5) is 0. The fourth-order valence-corrected chi connectivity index (χ4v) is 1.05. The molecule has 0 saturated carbocycles. The summed E-state index contributed by atoms with van der Waals surface area (Å²) in [6.45, 7) is 4.06. The van der Waals surface area contributed by atoms with Crippen LogP contribution in [0.25, 0.3) is 0 Å². The van der Waals surface area contributed by atoms with Crippen molar-refractivity contribution in [1.82, 2.24) is 0 Å². The Morgan fingerprint density at radius 2 is 1.73 bits per heavy atom. The molecule has 0 aliphatic heterocycles. The molecule has 0 rings (SSSR count). The van der Waals surface area contributed by atoms with E-state index in [2.05, 4.69) is 14.8 Å². The zero-order chi connectivity index (χ0) is 8.36. The summed E-state index contributed by atoms with van der Waals surface area (Å²) >= 11 is 0. The summed E-state index contributed by atoms with van der Waals surface area (Å²) in [6, 6.07) is 0. The molecular formula is C9H21BO. The molecule has 0 radical (unpaired) electrons. The van der Waals surface area contributed by atoms with Gasteiger partial charge in [0.2, 0.25) is 0 Å². The summed E-state index contributed by atoms with van der Waals surface area (Å²) in [5, 5.41) is 0. The Kier molecular flexibility index (Phi) is 10.0. The van der Waals surface area contributed by atoms with Gasteiger partial charge in [-0.15, -0.1) is 0 Å². The fraction of sp³-hybridized carbons (Fsp3) is 1.00. The standard InChI is InChI=1S/C9H21BO/c1-2-8-11-9-6-4-3-5-7-10/h2-10H2,1H3. The van der Waals surface area contributed by atoms with Crippen LogP contribution < -0.4 is 0 Å². The molecule has 0 aromatic rings. The maximum absolute atomic E-state index is 5.36. The van der Waals surface area contributed by atoms with E-state index in [1.807, 2.05) is 0 Å². The first-order chi connectivity index (χ1) is 5.41. The average molecular weight is 156 g/mol. The minimum atomic E-state index is 0.938. The minimum absolute atomic E-state index is 0.938. The molecule has 0 spiro atoms. The van der Waals surface area contributed by atoms with Crippen LogP contribution in [-0.2, 0) is 4.74 Å². The molecule has 0 fully saturated rings. The Hall–Kier alpha value is 0.0249. The van der Waals surface area contributed by atoms with E-state index in [1.165, 1.54) is 32.0 Å². The molecule has 0 atom stereocenters. The molecule has 0 amide bonds. The molecule has 0 N–H and O–H groups in total. The van der Waals surface area contributed by atoms with Crippen molar-refractivity contribution in [3.05, 3.63) is 0 Å². The minimum Gasteiger partial charge on any atom is -0.381 e. The van der Waals surface area contributed by atoms with Gasteiger partial charge in [0.25, 0.3) is 0 Å². The zero-order valence-electron chi connectivity index (χ0n) is 8.07. The van der Waals surface area contributed by atoms with Crippen molar-refractivity contribution in [3.63, 3.8) is 0 Å². The van der Waals surface area contributed by atoms with Crippen molar-refractivity contribution < 1.29 is 4.74 Å². The Balaban J connectivity index is 2.69. The Morgan fingerprint density at radius 1 is 1.00 bits per heavy atom. The maximum Gasteiger partial charge on any atom is 0.101 e. The highest BCUT2D eigenvalue weighted by molar-refractivity contribution is 6.08. The van der Waals surface area contributed by atoms with E-state index in [4.69, 9.17) is 4.74 Å². The van der Waals surface area contributed by atoms with Gasteiger partial charge in [-0.2, -0.15) is 0 Å². The van der Waals surface area contributed by atoms with Crippen molar-refractivity contribution in [2.45, 2.75) is 45.3 Å². The molecule has 0 aromatic heterocycles. The van der Waals surface area contributed by atoms with Crippen LogP contribution >= 0.6 is 0 Å². The lowest BCUT2D eigenvalue weighted by atomic mass is 9.99. The normalized spacial score (nSPS) is 10.3. The summed E-state index contributed by atoms with van der Waals surface area (Å²) in [5.74, 6) is 0. The van der Waals surface area contributed by atoms with Crippen molar-refractivity contribution in [2.24, 2.45) is 0 Å². The average Bonchev–Trinajstić information content (AvgIpc) is 2.03. The Morgan fingerprint density at radius 3 is 2.36 bits per heavy atom. The summed E-state index contributed by atoms with van der Waals surface area (Å²) in [7, 11) is 2.24. The van der Waals surface area contributed by atoms with Crippen LogP contribution in [0.15, 0.2) is 0 Å². The third-order valence-corrected chi connectivity index (χ3v) is 1.74. The highest BCUT2D eigenvalue weighted by Crippen LogP contribution is 2.01. The quantitative estimate of drug-likeness (QED) is 0.386. The first kappa shape index (κ1) is 11.0. The molecule has 0 aliphatic carbocycles. The molecule has 0 saturated heterocycles. The summed E-state index contributed by atoms with van der Waals surface area (Å²) in [5.41, 5.74) is 0. The molecule has 0 heterocycles. The van der Waals surface area contributed by atoms with Gasteiger partial charge >= 0.3 is 0 Å². The van der Waals surface area contributed by atoms with Gasteiger partial charge in [-0.1, -0.05) is 32.5 Å². The van der Waals surface area contributed by atoms with Gasteiger partial charge < -0.3 is 4.74 Å². The molecule has 0 unspecified atom stereocenters. The van der Waals surface area contributed by atoms with E-state index in [-0.39, 0.29) is 0 Å². The second-order valence-electron chi connectivity index (χ2n) is 3.03. The van der Waals surface area contributed by atoms with Crippen LogP contribution in [0.2, 0.25) is 6.32 Å². The number of rotatable bonds is 8. The number of hydrogen-bond donors (Lipinski definition) is 0. The van der Waals surface area contributed by atoms with E-state index in [0.29, 0.717) is 0 Å². The van der Waals surface area contributed by atoms with Gasteiger partial charge in [0.05, 0.1) is 0 Å². The lowest BCUT2D eigenvalue weighted by Gasteiger charge is -2.01. The molecule has 0 aromatic carbocycles. The van der Waals surface area contributed by atoms with Gasteiger partial charge in [0.1, 0.15) is 7.85 Å². The molecule has 2 heteroatoms. The lowest BCUT2D eigenvalue weighted by molar-refractivity contribution is 0.130. The second-order valence-corrected chi connectivity index (χ2v) is 3.03. The molecule has 66 valence electrons.